The molecule has 0 fully saturated rings. The fourth-order valence-corrected chi connectivity index (χ4v) is 0.793. The molecule has 0 aromatic carbocycles. The summed E-state index contributed by atoms with van der Waals surface area (Å²) in [6, 6.07) is 0. The maximum atomic E-state index is 10.0. The molecule has 0 aliphatic heterocycles. The van der Waals surface area contributed by atoms with Gasteiger partial charge in [0.25, 0.3) is 0 Å². The third-order valence-corrected chi connectivity index (χ3v) is 4.01. The molecule has 4 nitrogen and oxygen atoms in total. The van der Waals surface area contributed by atoms with Crippen molar-refractivity contribution in [2.45, 2.75) is 17.6 Å². The van der Waals surface area contributed by atoms with Gasteiger partial charge >= 0.3 is 59.1 Å². The smallest absolute Gasteiger partial charge is 0.810 e. The van der Waals surface area contributed by atoms with E-state index < -0.39 is 18.3 Å². The van der Waals surface area contributed by atoms with Gasteiger partial charge in [-0.2, -0.15) is 0 Å². The Hall–Kier alpha value is 2.59. The molecule has 0 saturated heterocycles. The number of alkyl halides is 1. The molecule has 0 aliphatic rings. The van der Waals surface area contributed by atoms with Gasteiger partial charge in [-0.1, -0.05) is 23.5 Å². The van der Waals surface area contributed by atoms with Crippen LogP contribution < -0.4 is 68.9 Å². The molecule has 0 aromatic heterocycles. The van der Waals surface area contributed by atoms with E-state index in [-0.39, 0.29) is 59.1 Å². The van der Waals surface area contributed by atoms with Crippen LogP contribution in [-0.2, 0) is 4.57 Å². The predicted molar refractivity (Wildman–Crippen MR) is 32.0 cm³/mol. The van der Waals surface area contributed by atoms with Crippen LogP contribution in [0.25, 0.3) is 0 Å². The molecule has 0 radical (unpaired) electrons. The third kappa shape index (κ3) is 8.91. The molecule has 0 aliphatic carbocycles. The van der Waals surface area contributed by atoms with Crippen LogP contribution >= 0.6 is 23.5 Å². The largest absolute Gasteiger partial charge is 1.00 e. The first-order chi connectivity index (χ1) is 3.85. The molecule has 11 heavy (non-hydrogen) atoms. The van der Waals surface area contributed by atoms with E-state index in [4.69, 9.17) is 5.11 Å². The first kappa shape index (κ1) is 19.2. The zero-order valence-corrected chi connectivity index (χ0v) is 13.1. The average molecular weight is 263 g/mol. The second-order valence-electron chi connectivity index (χ2n) is 1.65. The number of hydrogen-bond donors (Lipinski definition) is 1. The topological polar surface area (TPSA) is 83.4 Å². The minimum atomic E-state index is -4.65. The first-order valence-corrected chi connectivity index (χ1v) is 4.72. The van der Waals surface area contributed by atoms with Crippen molar-refractivity contribution in [1.29, 1.82) is 0 Å². The Morgan fingerprint density at radius 1 is 1.45 bits per heavy atom. The molecule has 8 heteroatoms. The van der Waals surface area contributed by atoms with Crippen molar-refractivity contribution < 1.29 is 78.6 Å². The van der Waals surface area contributed by atoms with Gasteiger partial charge < -0.3 is 19.5 Å². The van der Waals surface area contributed by atoms with E-state index in [1.165, 1.54) is 6.92 Å². The van der Waals surface area contributed by atoms with Crippen molar-refractivity contribution in [3.05, 3.63) is 0 Å². The molecule has 0 saturated carbocycles. The van der Waals surface area contributed by atoms with Crippen LogP contribution in [-0.4, -0.2) is 15.8 Å². The molecule has 0 amide bonds. The predicted octanol–water partition coefficient (Wildman–Crippen LogP) is -6.99. The molecule has 0 bridgehead atoms. The molecular weight excluding hydrogens is 257 g/mol. The van der Waals surface area contributed by atoms with Gasteiger partial charge in [0, 0.05) is 0 Å². The fourth-order valence-electron chi connectivity index (χ4n) is 0.264. The van der Waals surface area contributed by atoms with Crippen LogP contribution in [0, 0.1) is 0 Å². The number of rotatable bonds is 2. The Morgan fingerprint density at radius 3 is 1.73 bits per heavy atom. The average Bonchev–Trinajstić information content (AvgIpc) is 1.62. The summed E-state index contributed by atoms with van der Waals surface area (Å²) in [6.07, 6.45) is -1.16. The van der Waals surface area contributed by atoms with Gasteiger partial charge in [0.1, 0.15) is 0 Å². The van der Waals surface area contributed by atoms with Crippen molar-refractivity contribution in [3.8, 4) is 0 Å². The second kappa shape index (κ2) is 7.94. The van der Waals surface area contributed by atoms with Gasteiger partial charge in [-0.25, -0.2) is 0 Å². The minimum Gasteiger partial charge on any atom is -0.810 e. The van der Waals surface area contributed by atoms with Crippen molar-refractivity contribution in [1.82, 2.24) is 0 Å². The Bertz CT molecular complexity index is 137. The van der Waals surface area contributed by atoms with Crippen LogP contribution in [0.5, 0.6) is 0 Å². The van der Waals surface area contributed by atoms with E-state index in [1.807, 2.05) is 0 Å². The Morgan fingerprint density at radius 2 is 1.73 bits per heavy atom. The van der Waals surface area contributed by atoms with Crippen molar-refractivity contribution >= 4 is 23.5 Å². The molecular formula is C3H6BrNa2O4P. The molecule has 0 spiro atoms. The summed E-state index contributed by atoms with van der Waals surface area (Å²) >= 11 is 2.52. The van der Waals surface area contributed by atoms with Crippen LogP contribution in [0.15, 0.2) is 0 Å². The van der Waals surface area contributed by atoms with Gasteiger partial charge in [0.15, 0.2) is 0 Å². The van der Waals surface area contributed by atoms with Gasteiger partial charge in [-0.05, 0) is 6.92 Å². The molecule has 2 atom stereocenters. The fraction of sp³-hybridized carbons (Fsp3) is 1.00. The number of aliphatic hydroxyl groups excluding tert-OH is 1. The maximum Gasteiger partial charge on any atom is 1.00 e. The number of halogens is 1. The van der Waals surface area contributed by atoms with Crippen LogP contribution in [0.3, 0.4) is 0 Å². The zero-order valence-electron chi connectivity index (χ0n) is 6.65. The Kier molecular flexibility index (Phi) is 13.9. The van der Waals surface area contributed by atoms with Crippen LogP contribution in [0.4, 0.5) is 0 Å². The quantitative estimate of drug-likeness (QED) is 0.305. The summed E-state index contributed by atoms with van der Waals surface area (Å²) < 4.78 is 8.67. The second-order valence-corrected chi connectivity index (χ2v) is 4.98. The van der Waals surface area contributed by atoms with Gasteiger partial charge in [-0.3, -0.25) is 0 Å². The zero-order chi connectivity index (χ0) is 7.65. The summed E-state index contributed by atoms with van der Waals surface area (Å²) in [5, 5.41) is 8.54. The standard InChI is InChI=1S/C3H8BrO4P.2Na/c1-2(5)3(4)9(6,7)8;;/h2-3,5H,1H3,(H2,6,7,8);;/q;2*+1/p-2. The summed E-state index contributed by atoms with van der Waals surface area (Å²) in [5.74, 6) is 0. The van der Waals surface area contributed by atoms with E-state index in [1.54, 1.807) is 0 Å². The van der Waals surface area contributed by atoms with Gasteiger partial charge in [-0.15, -0.1) is 0 Å². The SMILES string of the molecule is CC(O)C(Br)P(=O)([O-])[O-].[Na+].[Na+]. The van der Waals surface area contributed by atoms with Crippen LogP contribution in [0.1, 0.15) is 6.92 Å². The van der Waals surface area contributed by atoms with Crippen molar-refractivity contribution in [3.63, 3.8) is 0 Å². The first-order valence-electron chi connectivity index (χ1n) is 2.19. The minimum absolute atomic E-state index is 0. The Balaban J connectivity index is -0.000000320. The number of hydrogen-bond acceptors (Lipinski definition) is 4. The van der Waals surface area contributed by atoms with E-state index in [0.717, 1.165) is 0 Å². The number of aliphatic hydroxyl groups is 1. The third-order valence-electron chi connectivity index (χ3n) is 0.700. The monoisotopic (exact) mass is 262 g/mol. The molecule has 0 rings (SSSR count). The molecule has 1 N–H and O–H groups in total. The summed E-state index contributed by atoms with van der Waals surface area (Å²) in [6.45, 7) is 1.22. The van der Waals surface area contributed by atoms with Crippen LogP contribution in [0.2, 0.25) is 0 Å². The summed E-state index contributed by atoms with van der Waals surface area (Å²) in [4.78, 5) is 20.1. The van der Waals surface area contributed by atoms with Gasteiger partial charge in [0.05, 0.1) is 10.7 Å². The molecule has 56 valence electrons. The van der Waals surface area contributed by atoms with Crippen molar-refractivity contribution in [2.75, 3.05) is 0 Å². The molecule has 0 heterocycles. The normalized spacial score (nSPS) is 15.7. The van der Waals surface area contributed by atoms with E-state index in [9.17, 15) is 14.4 Å². The molecule has 0 aromatic rings. The van der Waals surface area contributed by atoms with Gasteiger partial charge in [0.2, 0.25) is 0 Å². The maximum absolute atomic E-state index is 10.0. The molecule has 2 unspecified atom stereocenters. The van der Waals surface area contributed by atoms with E-state index in [0.29, 0.717) is 0 Å². The van der Waals surface area contributed by atoms with E-state index >= 15 is 0 Å². The summed E-state index contributed by atoms with van der Waals surface area (Å²) in [5.41, 5.74) is 0. The summed E-state index contributed by atoms with van der Waals surface area (Å²) in [7, 11) is -4.65. The Labute approximate surface area is 118 Å². The van der Waals surface area contributed by atoms with Crippen molar-refractivity contribution in [2.24, 2.45) is 0 Å². The van der Waals surface area contributed by atoms with E-state index in [2.05, 4.69) is 15.9 Å².